The first kappa shape index (κ1) is 10.7. The molecule has 82 valence electrons. The van der Waals surface area contributed by atoms with Crippen LogP contribution in [-0.4, -0.2) is 34.3 Å². The third-order valence-electron chi connectivity index (χ3n) is 2.68. The van der Waals surface area contributed by atoms with Crippen LogP contribution in [0.1, 0.15) is 12.0 Å². The van der Waals surface area contributed by atoms with Gasteiger partial charge in [-0.3, -0.25) is 4.90 Å². The standard InChI is InChI=1S/C11H14ClNO2/c12-9-1-2-11(15)8(5-9)6-13-4-3-10(14)7-13/h1-2,5,10,14-15H,3-4,6-7H2. The zero-order valence-electron chi connectivity index (χ0n) is 8.36. The van der Waals surface area contributed by atoms with Crippen molar-refractivity contribution in [2.24, 2.45) is 0 Å². The topological polar surface area (TPSA) is 43.7 Å². The Morgan fingerprint density at radius 3 is 2.93 bits per heavy atom. The molecule has 0 spiro atoms. The third kappa shape index (κ3) is 2.62. The van der Waals surface area contributed by atoms with Crippen LogP contribution in [0, 0.1) is 0 Å². The van der Waals surface area contributed by atoms with E-state index in [1.165, 1.54) is 0 Å². The fourth-order valence-electron chi connectivity index (χ4n) is 1.88. The maximum absolute atomic E-state index is 9.61. The zero-order valence-corrected chi connectivity index (χ0v) is 9.11. The Morgan fingerprint density at radius 2 is 2.27 bits per heavy atom. The van der Waals surface area contributed by atoms with Crippen molar-refractivity contribution in [2.75, 3.05) is 13.1 Å². The summed E-state index contributed by atoms with van der Waals surface area (Å²) in [6.07, 6.45) is 0.577. The number of phenolic OH excluding ortho intramolecular Hbond substituents is 1. The van der Waals surface area contributed by atoms with Gasteiger partial charge in [-0.25, -0.2) is 0 Å². The van der Waals surface area contributed by atoms with Gasteiger partial charge >= 0.3 is 0 Å². The highest BCUT2D eigenvalue weighted by molar-refractivity contribution is 6.30. The lowest BCUT2D eigenvalue weighted by Gasteiger charge is -2.15. The Morgan fingerprint density at radius 1 is 1.47 bits per heavy atom. The summed E-state index contributed by atoms with van der Waals surface area (Å²) in [6, 6.07) is 5.03. The highest BCUT2D eigenvalue weighted by Crippen LogP contribution is 2.24. The molecule has 1 aromatic carbocycles. The molecule has 0 saturated carbocycles. The molecule has 0 bridgehead atoms. The van der Waals surface area contributed by atoms with Gasteiger partial charge in [-0.2, -0.15) is 0 Å². The molecular weight excluding hydrogens is 214 g/mol. The second kappa shape index (κ2) is 4.39. The lowest BCUT2D eigenvalue weighted by atomic mass is 10.2. The predicted octanol–water partition coefficient (Wildman–Crippen LogP) is 1.61. The van der Waals surface area contributed by atoms with Crippen molar-refractivity contribution < 1.29 is 10.2 Å². The largest absolute Gasteiger partial charge is 0.508 e. The van der Waals surface area contributed by atoms with E-state index in [4.69, 9.17) is 11.6 Å². The minimum absolute atomic E-state index is 0.230. The van der Waals surface area contributed by atoms with Crippen LogP contribution in [-0.2, 0) is 6.54 Å². The normalized spacial score (nSPS) is 22.1. The third-order valence-corrected chi connectivity index (χ3v) is 2.92. The molecule has 2 N–H and O–H groups in total. The van der Waals surface area contributed by atoms with E-state index in [1.807, 2.05) is 0 Å². The number of aliphatic hydroxyl groups excluding tert-OH is 1. The molecular formula is C11H14ClNO2. The zero-order chi connectivity index (χ0) is 10.8. The molecule has 0 aromatic heterocycles. The summed E-state index contributed by atoms with van der Waals surface area (Å²) in [5.74, 6) is 0.265. The van der Waals surface area contributed by atoms with E-state index in [1.54, 1.807) is 18.2 Å². The first-order chi connectivity index (χ1) is 7.15. The number of halogens is 1. The summed E-state index contributed by atoms with van der Waals surface area (Å²) >= 11 is 5.85. The van der Waals surface area contributed by atoms with Crippen molar-refractivity contribution in [1.82, 2.24) is 4.90 Å². The van der Waals surface area contributed by atoms with Gasteiger partial charge in [-0.15, -0.1) is 0 Å². The van der Waals surface area contributed by atoms with Crippen molar-refractivity contribution >= 4 is 11.6 Å². The number of likely N-dealkylation sites (tertiary alicyclic amines) is 1. The van der Waals surface area contributed by atoms with Gasteiger partial charge in [-0.1, -0.05) is 11.6 Å². The average molecular weight is 228 g/mol. The summed E-state index contributed by atoms with van der Waals surface area (Å²) in [5.41, 5.74) is 0.816. The first-order valence-electron chi connectivity index (χ1n) is 5.03. The first-order valence-corrected chi connectivity index (χ1v) is 5.41. The number of phenols is 1. The van der Waals surface area contributed by atoms with E-state index in [0.29, 0.717) is 18.1 Å². The Hall–Kier alpha value is -0.770. The summed E-state index contributed by atoms with van der Waals surface area (Å²) in [4.78, 5) is 2.11. The second-order valence-corrected chi connectivity index (χ2v) is 4.39. The van der Waals surface area contributed by atoms with Crippen LogP contribution < -0.4 is 0 Å². The van der Waals surface area contributed by atoms with Crippen LogP contribution in [0.3, 0.4) is 0 Å². The van der Waals surface area contributed by atoms with Crippen LogP contribution >= 0.6 is 11.6 Å². The maximum Gasteiger partial charge on any atom is 0.120 e. The molecule has 1 aliphatic heterocycles. The molecule has 2 rings (SSSR count). The molecule has 4 heteroatoms. The maximum atomic E-state index is 9.61. The molecule has 0 radical (unpaired) electrons. The number of aromatic hydroxyl groups is 1. The van der Waals surface area contributed by atoms with Gasteiger partial charge in [0.25, 0.3) is 0 Å². The van der Waals surface area contributed by atoms with Crippen molar-refractivity contribution in [3.05, 3.63) is 28.8 Å². The van der Waals surface area contributed by atoms with E-state index in [0.717, 1.165) is 18.5 Å². The van der Waals surface area contributed by atoms with Crippen molar-refractivity contribution in [1.29, 1.82) is 0 Å². The molecule has 1 aromatic rings. The van der Waals surface area contributed by atoms with Crippen molar-refractivity contribution in [2.45, 2.75) is 19.1 Å². The Bertz CT molecular complexity index is 356. The number of hydrogen-bond donors (Lipinski definition) is 2. The van der Waals surface area contributed by atoms with Gasteiger partial charge in [-0.05, 0) is 24.6 Å². The van der Waals surface area contributed by atoms with Gasteiger partial charge < -0.3 is 10.2 Å². The van der Waals surface area contributed by atoms with Crippen LogP contribution in [0.2, 0.25) is 5.02 Å². The highest BCUT2D eigenvalue weighted by Gasteiger charge is 2.20. The Labute approximate surface area is 93.9 Å². The minimum Gasteiger partial charge on any atom is -0.508 e. The minimum atomic E-state index is -0.230. The number of hydrogen-bond acceptors (Lipinski definition) is 3. The van der Waals surface area contributed by atoms with Crippen LogP contribution in [0.5, 0.6) is 5.75 Å². The summed E-state index contributed by atoms with van der Waals surface area (Å²) in [6.45, 7) is 2.18. The van der Waals surface area contributed by atoms with Gasteiger partial charge in [0.1, 0.15) is 5.75 Å². The molecule has 1 saturated heterocycles. The Kier molecular flexibility index (Phi) is 3.14. The molecule has 1 fully saturated rings. The smallest absolute Gasteiger partial charge is 0.120 e. The number of nitrogens with zero attached hydrogens (tertiary/aromatic N) is 1. The lowest BCUT2D eigenvalue weighted by Crippen LogP contribution is -2.21. The van der Waals surface area contributed by atoms with E-state index in [2.05, 4.69) is 4.90 Å². The van der Waals surface area contributed by atoms with E-state index < -0.39 is 0 Å². The SMILES string of the molecule is Oc1ccc(Cl)cc1CN1CCC(O)C1. The fourth-order valence-corrected chi connectivity index (χ4v) is 2.07. The number of aliphatic hydroxyl groups is 1. The van der Waals surface area contributed by atoms with Crippen molar-refractivity contribution in [3.63, 3.8) is 0 Å². The van der Waals surface area contributed by atoms with Crippen LogP contribution in [0.25, 0.3) is 0 Å². The van der Waals surface area contributed by atoms with Crippen LogP contribution in [0.15, 0.2) is 18.2 Å². The van der Waals surface area contributed by atoms with Crippen LogP contribution in [0.4, 0.5) is 0 Å². The molecule has 3 nitrogen and oxygen atoms in total. The Balaban J connectivity index is 2.07. The summed E-state index contributed by atoms with van der Waals surface area (Å²) in [7, 11) is 0. The average Bonchev–Trinajstić information content (AvgIpc) is 2.58. The van der Waals surface area contributed by atoms with E-state index >= 15 is 0 Å². The van der Waals surface area contributed by atoms with Gasteiger partial charge in [0, 0.05) is 30.2 Å². The molecule has 1 atom stereocenters. The van der Waals surface area contributed by atoms with E-state index in [-0.39, 0.29) is 11.9 Å². The number of benzene rings is 1. The molecule has 1 unspecified atom stereocenters. The predicted molar refractivity (Wildman–Crippen MR) is 59.0 cm³/mol. The second-order valence-electron chi connectivity index (χ2n) is 3.95. The quantitative estimate of drug-likeness (QED) is 0.807. The summed E-state index contributed by atoms with van der Waals surface area (Å²) < 4.78 is 0. The number of β-amino-alcohol motifs (C(OH)–C–C–N with tert-alkyl or cyclic N) is 1. The fraction of sp³-hybridized carbons (Fsp3) is 0.455. The van der Waals surface area contributed by atoms with Crippen molar-refractivity contribution in [3.8, 4) is 5.75 Å². The highest BCUT2D eigenvalue weighted by atomic mass is 35.5. The molecule has 1 aliphatic rings. The molecule has 1 heterocycles. The number of rotatable bonds is 2. The van der Waals surface area contributed by atoms with E-state index in [9.17, 15) is 10.2 Å². The lowest BCUT2D eigenvalue weighted by molar-refractivity contribution is 0.174. The molecule has 0 amide bonds. The van der Waals surface area contributed by atoms with Gasteiger partial charge in [0.15, 0.2) is 0 Å². The molecule has 0 aliphatic carbocycles. The molecule has 15 heavy (non-hydrogen) atoms. The van der Waals surface area contributed by atoms with Gasteiger partial charge in [0.2, 0.25) is 0 Å². The summed E-state index contributed by atoms with van der Waals surface area (Å²) in [5, 5.41) is 19.6. The monoisotopic (exact) mass is 227 g/mol. The van der Waals surface area contributed by atoms with Gasteiger partial charge in [0.05, 0.1) is 6.10 Å².